The summed E-state index contributed by atoms with van der Waals surface area (Å²) in [4.78, 5) is 12.1. The fourth-order valence-corrected chi connectivity index (χ4v) is 3.55. The molecule has 3 rings (SSSR count). The van der Waals surface area contributed by atoms with E-state index in [0.29, 0.717) is 17.4 Å². The van der Waals surface area contributed by atoms with Crippen LogP contribution in [0.15, 0.2) is 18.2 Å². The van der Waals surface area contributed by atoms with Crippen LogP contribution in [0.25, 0.3) is 0 Å². The minimum atomic E-state index is -0.0875. The number of rotatable bonds is 2. The summed E-state index contributed by atoms with van der Waals surface area (Å²) in [6.07, 6.45) is 0.777. The number of nitrogens with one attached hydrogen (secondary N) is 2. The zero-order valence-electron chi connectivity index (χ0n) is 10.7. The van der Waals surface area contributed by atoms with Gasteiger partial charge in [0.1, 0.15) is 5.75 Å². The van der Waals surface area contributed by atoms with Gasteiger partial charge in [-0.15, -0.1) is 24.2 Å². The van der Waals surface area contributed by atoms with Gasteiger partial charge in [-0.1, -0.05) is 23.7 Å². The van der Waals surface area contributed by atoms with Crippen LogP contribution >= 0.6 is 35.8 Å². The Balaban J connectivity index is 0.00000147. The van der Waals surface area contributed by atoms with Gasteiger partial charge < -0.3 is 10.1 Å². The van der Waals surface area contributed by atoms with Crippen molar-refractivity contribution in [1.82, 2.24) is 10.6 Å². The van der Waals surface area contributed by atoms with Crippen molar-refractivity contribution < 1.29 is 9.53 Å². The fraction of sp³-hybridized carbons (Fsp3) is 0.462. The van der Waals surface area contributed by atoms with Crippen LogP contribution in [0.3, 0.4) is 0 Å². The highest BCUT2D eigenvalue weighted by Crippen LogP contribution is 2.37. The molecule has 1 saturated heterocycles. The molecule has 0 saturated carbocycles. The Morgan fingerprint density at radius 1 is 1.50 bits per heavy atom. The number of thioether (sulfide) groups is 1. The maximum absolute atomic E-state index is 12.1. The molecule has 0 bridgehead atoms. The summed E-state index contributed by atoms with van der Waals surface area (Å²) in [5.74, 6) is 2.43. The highest BCUT2D eigenvalue weighted by Gasteiger charge is 2.28. The first-order chi connectivity index (χ1) is 9.25. The number of hydrogen-bond donors (Lipinski definition) is 2. The quantitative estimate of drug-likeness (QED) is 0.871. The molecule has 4 nitrogen and oxygen atoms in total. The molecule has 1 aromatic rings. The number of ether oxygens (including phenoxy) is 1. The molecule has 0 radical (unpaired) electrons. The summed E-state index contributed by atoms with van der Waals surface area (Å²) < 4.78 is 5.59. The first-order valence-corrected chi connectivity index (χ1v) is 7.81. The molecule has 20 heavy (non-hydrogen) atoms. The highest BCUT2D eigenvalue weighted by atomic mass is 35.5. The Morgan fingerprint density at radius 2 is 2.35 bits per heavy atom. The lowest BCUT2D eigenvalue weighted by atomic mass is 10.00. The average molecular weight is 335 g/mol. The lowest BCUT2D eigenvalue weighted by Crippen LogP contribution is -2.44. The van der Waals surface area contributed by atoms with Gasteiger partial charge in [-0.05, 0) is 6.07 Å². The second kappa shape index (κ2) is 6.89. The highest BCUT2D eigenvalue weighted by molar-refractivity contribution is 7.99. The monoisotopic (exact) mass is 334 g/mol. The largest absolute Gasteiger partial charge is 0.492 e. The first-order valence-electron chi connectivity index (χ1n) is 6.28. The van der Waals surface area contributed by atoms with Gasteiger partial charge in [0.15, 0.2) is 0 Å². The number of fused-ring (bicyclic) bond motifs is 1. The Morgan fingerprint density at radius 3 is 3.10 bits per heavy atom. The summed E-state index contributed by atoms with van der Waals surface area (Å²) in [6.45, 7) is 0.578. The van der Waals surface area contributed by atoms with E-state index in [1.54, 1.807) is 17.8 Å². The molecule has 110 valence electrons. The molecule has 1 fully saturated rings. The van der Waals surface area contributed by atoms with Crippen LogP contribution in [-0.4, -0.2) is 30.2 Å². The van der Waals surface area contributed by atoms with Crippen LogP contribution in [0, 0.1) is 0 Å². The van der Waals surface area contributed by atoms with E-state index in [1.807, 2.05) is 12.1 Å². The van der Waals surface area contributed by atoms with E-state index in [9.17, 15) is 4.79 Å². The summed E-state index contributed by atoms with van der Waals surface area (Å²) in [6, 6.07) is 5.55. The standard InChI is InChI=1S/C13H15ClN2O2S.ClH/c14-9-3-1-2-8-10(4-5-18-12(8)9)16-13(17)11-6-19-7-15-11;/h1-3,10-11,15H,4-7H2,(H,16,17);1H. The molecule has 2 aliphatic heterocycles. The van der Waals surface area contributed by atoms with Crippen molar-refractivity contribution in [2.75, 3.05) is 18.2 Å². The second-order valence-corrected chi connectivity index (χ2v) is 6.07. The van der Waals surface area contributed by atoms with Crippen molar-refractivity contribution in [3.8, 4) is 5.75 Å². The van der Waals surface area contributed by atoms with Crippen molar-refractivity contribution in [2.45, 2.75) is 18.5 Å². The van der Waals surface area contributed by atoms with Crippen molar-refractivity contribution in [1.29, 1.82) is 0 Å². The van der Waals surface area contributed by atoms with Gasteiger partial charge in [0, 0.05) is 23.6 Å². The maximum atomic E-state index is 12.1. The van der Waals surface area contributed by atoms with Crippen molar-refractivity contribution in [3.63, 3.8) is 0 Å². The van der Waals surface area contributed by atoms with E-state index in [4.69, 9.17) is 16.3 Å². The summed E-state index contributed by atoms with van der Waals surface area (Å²) in [5, 5.41) is 6.87. The van der Waals surface area contributed by atoms with Gasteiger partial charge in [0.25, 0.3) is 0 Å². The van der Waals surface area contributed by atoms with Crippen LogP contribution in [0.1, 0.15) is 18.0 Å². The third-order valence-electron chi connectivity index (χ3n) is 3.38. The van der Waals surface area contributed by atoms with Crippen LogP contribution in [0.5, 0.6) is 5.75 Å². The van der Waals surface area contributed by atoms with Crippen LogP contribution < -0.4 is 15.4 Å². The molecule has 0 aliphatic carbocycles. The van der Waals surface area contributed by atoms with Crippen molar-refractivity contribution >= 4 is 41.7 Å². The second-order valence-electron chi connectivity index (χ2n) is 4.63. The van der Waals surface area contributed by atoms with Gasteiger partial charge in [-0.2, -0.15) is 0 Å². The van der Waals surface area contributed by atoms with Gasteiger partial charge in [0.2, 0.25) is 5.91 Å². The third kappa shape index (κ3) is 3.17. The number of amides is 1. The maximum Gasteiger partial charge on any atom is 0.238 e. The number of halogens is 2. The van der Waals surface area contributed by atoms with E-state index < -0.39 is 0 Å². The SMILES string of the molecule is Cl.O=C(NC1CCOc2c(Cl)cccc21)C1CSCN1. The number of carbonyl (C=O) groups is 1. The minimum Gasteiger partial charge on any atom is -0.492 e. The fourth-order valence-electron chi connectivity index (χ4n) is 2.37. The van der Waals surface area contributed by atoms with Crippen molar-refractivity contribution in [2.24, 2.45) is 0 Å². The Kier molecular flexibility index (Phi) is 5.43. The number of carbonyl (C=O) groups excluding carboxylic acids is 1. The van der Waals surface area contributed by atoms with Gasteiger partial charge in [0.05, 0.1) is 23.7 Å². The Bertz CT molecular complexity index is 495. The molecule has 2 unspecified atom stereocenters. The minimum absolute atomic E-state index is 0. The number of benzene rings is 1. The van der Waals surface area contributed by atoms with Gasteiger partial charge >= 0.3 is 0 Å². The third-order valence-corrected chi connectivity index (χ3v) is 4.61. The van der Waals surface area contributed by atoms with Crippen LogP contribution in [0.4, 0.5) is 0 Å². The van der Waals surface area contributed by atoms with E-state index in [-0.39, 0.29) is 30.4 Å². The molecule has 2 aliphatic rings. The normalized spacial score (nSPS) is 24.2. The molecule has 1 amide bonds. The van der Waals surface area contributed by atoms with Crippen molar-refractivity contribution in [3.05, 3.63) is 28.8 Å². The number of para-hydroxylation sites is 1. The van der Waals surface area contributed by atoms with E-state index in [0.717, 1.165) is 23.6 Å². The lowest BCUT2D eigenvalue weighted by molar-refractivity contribution is -0.123. The van der Waals surface area contributed by atoms with Gasteiger partial charge in [-0.3, -0.25) is 10.1 Å². The van der Waals surface area contributed by atoms with Crippen LogP contribution in [-0.2, 0) is 4.79 Å². The van der Waals surface area contributed by atoms with E-state index >= 15 is 0 Å². The van der Waals surface area contributed by atoms with Gasteiger partial charge in [-0.25, -0.2) is 0 Å². The van der Waals surface area contributed by atoms with Crippen LogP contribution in [0.2, 0.25) is 5.02 Å². The lowest BCUT2D eigenvalue weighted by Gasteiger charge is -2.28. The van der Waals surface area contributed by atoms with E-state index in [2.05, 4.69) is 10.6 Å². The summed E-state index contributed by atoms with van der Waals surface area (Å²) in [5.41, 5.74) is 0.970. The molecule has 0 aromatic heterocycles. The first kappa shape index (κ1) is 15.8. The molecule has 2 atom stereocenters. The average Bonchev–Trinajstić information content (AvgIpc) is 2.94. The Hall–Kier alpha value is -0.620. The number of hydrogen-bond acceptors (Lipinski definition) is 4. The predicted molar refractivity (Wildman–Crippen MR) is 83.9 cm³/mol. The molecular weight excluding hydrogens is 319 g/mol. The zero-order valence-corrected chi connectivity index (χ0v) is 13.1. The summed E-state index contributed by atoms with van der Waals surface area (Å²) in [7, 11) is 0. The molecule has 2 N–H and O–H groups in total. The molecule has 2 heterocycles. The molecule has 0 spiro atoms. The molecule has 1 aromatic carbocycles. The van der Waals surface area contributed by atoms with E-state index in [1.165, 1.54) is 0 Å². The predicted octanol–water partition coefficient (Wildman–Crippen LogP) is 2.36. The molecule has 7 heteroatoms. The summed E-state index contributed by atoms with van der Waals surface area (Å²) >= 11 is 7.86. The molecular formula is C13H16Cl2N2O2S. The zero-order chi connectivity index (χ0) is 13.2. The Labute approximate surface area is 133 Å². The smallest absolute Gasteiger partial charge is 0.238 e. The topological polar surface area (TPSA) is 50.4 Å².